The molecule has 0 unspecified atom stereocenters. The molecule has 150 valence electrons. The molecule has 1 heterocycles. The number of hydrogen-bond donors (Lipinski definition) is 1. The monoisotopic (exact) mass is 438 g/mol. The number of nitrogens with one attached hydrogen (secondary N) is 1. The lowest BCUT2D eigenvalue weighted by Crippen LogP contribution is -3.00. The van der Waals surface area contributed by atoms with E-state index in [-0.39, 0.29) is 12.4 Å². The van der Waals surface area contributed by atoms with Crippen LogP contribution in [0.2, 0.25) is 5.02 Å². The summed E-state index contributed by atoms with van der Waals surface area (Å²) in [7, 11) is 1.85. The average molecular weight is 439 g/mol. The molecule has 0 spiro atoms. The van der Waals surface area contributed by atoms with Crippen molar-refractivity contribution in [3.8, 4) is 5.75 Å². The van der Waals surface area contributed by atoms with Crippen molar-refractivity contribution in [1.82, 2.24) is 25.5 Å². The quantitative estimate of drug-likeness (QED) is 0.371. The third-order valence-electron chi connectivity index (χ3n) is 3.91. The smallest absolute Gasteiger partial charge is 0.209 e. The van der Waals surface area contributed by atoms with Gasteiger partial charge in [-0.1, -0.05) is 53.7 Å². The highest BCUT2D eigenvalue weighted by Crippen LogP contribution is 2.19. The Balaban J connectivity index is 0.00000280. The minimum Gasteiger partial charge on any atom is -1.00 e. The minimum atomic E-state index is 0. The number of aromatic nitrogens is 4. The SMILES string of the molecule is Cn1nnnc1SCCCNCc1ccc(OCc2ccccc2Cl)cc1.[Cl-]. The molecule has 0 amide bonds. The maximum absolute atomic E-state index is 6.15. The topological polar surface area (TPSA) is 64.9 Å². The van der Waals surface area contributed by atoms with Crippen molar-refractivity contribution in [1.29, 1.82) is 0 Å². The van der Waals surface area contributed by atoms with Crippen LogP contribution in [0.3, 0.4) is 0 Å². The van der Waals surface area contributed by atoms with Gasteiger partial charge in [0.1, 0.15) is 12.4 Å². The lowest BCUT2D eigenvalue weighted by molar-refractivity contribution is -0.00000598. The molecule has 0 atom stereocenters. The molecular formula is C19H22Cl2N5OS-. The molecule has 2 aromatic carbocycles. The first-order valence-electron chi connectivity index (χ1n) is 8.73. The van der Waals surface area contributed by atoms with E-state index >= 15 is 0 Å². The predicted molar refractivity (Wildman–Crippen MR) is 108 cm³/mol. The van der Waals surface area contributed by atoms with Crippen molar-refractivity contribution in [2.75, 3.05) is 12.3 Å². The first kappa shape index (κ1) is 22.5. The highest BCUT2D eigenvalue weighted by molar-refractivity contribution is 7.99. The fraction of sp³-hybridized carbons (Fsp3) is 0.316. The molecule has 28 heavy (non-hydrogen) atoms. The zero-order valence-corrected chi connectivity index (χ0v) is 17.8. The summed E-state index contributed by atoms with van der Waals surface area (Å²) in [6, 6.07) is 15.9. The molecule has 9 heteroatoms. The summed E-state index contributed by atoms with van der Waals surface area (Å²) >= 11 is 7.81. The molecule has 3 aromatic rings. The van der Waals surface area contributed by atoms with Gasteiger partial charge < -0.3 is 22.5 Å². The van der Waals surface area contributed by atoms with E-state index in [1.807, 2.05) is 43.4 Å². The second-order valence-corrected chi connectivity index (χ2v) is 7.46. The fourth-order valence-electron chi connectivity index (χ4n) is 2.42. The van der Waals surface area contributed by atoms with Gasteiger partial charge >= 0.3 is 0 Å². The number of rotatable bonds is 10. The number of benzene rings is 2. The maximum Gasteiger partial charge on any atom is 0.209 e. The summed E-state index contributed by atoms with van der Waals surface area (Å²) in [5.41, 5.74) is 2.21. The summed E-state index contributed by atoms with van der Waals surface area (Å²) in [6.45, 7) is 2.25. The third-order valence-corrected chi connectivity index (χ3v) is 5.38. The van der Waals surface area contributed by atoms with E-state index in [9.17, 15) is 0 Å². The lowest BCUT2D eigenvalue weighted by atomic mass is 10.2. The second kappa shape index (κ2) is 11.9. The highest BCUT2D eigenvalue weighted by Gasteiger charge is 2.03. The Bertz CT molecular complexity index is 844. The molecule has 0 aliphatic heterocycles. The zero-order chi connectivity index (χ0) is 18.9. The Labute approximate surface area is 180 Å². The number of thioether (sulfide) groups is 1. The predicted octanol–water partition coefficient (Wildman–Crippen LogP) is 0.718. The van der Waals surface area contributed by atoms with Crippen LogP contribution in [0.15, 0.2) is 53.7 Å². The summed E-state index contributed by atoms with van der Waals surface area (Å²) in [6.07, 6.45) is 1.05. The summed E-state index contributed by atoms with van der Waals surface area (Å²) in [5.74, 6) is 1.82. The van der Waals surface area contributed by atoms with E-state index in [4.69, 9.17) is 16.3 Å². The molecule has 0 radical (unpaired) electrons. The molecule has 1 N–H and O–H groups in total. The fourth-order valence-corrected chi connectivity index (χ4v) is 3.40. The van der Waals surface area contributed by atoms with Gasteiger partial charge in [0.2, 0.25) is 5.16 Å². The number of nitrogens with zero attached hydrogens (tertiary/aromatic N) is 4. The van der Waals surface area contributed by atoms with Crippen LogP contribution in [-0.2, 0) is 20.2 Å². The van der Waals surface area contributed by atoms with Crippen LogP contribution in [0.1, 0.15) is 17.5 Å². The number of hydrogen-bond acceptors (Lipinski definition) is 6. The van der Waals surface area contributed by atoms with E-state index in [0.717, 1.165) is 46.8 Å². The molecule has 0 fully saturated rings. The Morgan fingerprint density at radius 2 is 1.93 bits per heavy atom. The largest absolute Gasteiger partial charge is 1.00 e. The van der Waals surface area contributed by atoms with Crippen molar-refractivity contribution >= 4 is 23.4 Å². The van der Waals surface area contributed by atoms with Gasteiger partial charge in [-0.2, -0.15) is 0 Å². The summed E-state index contributed by atoms with van der Waals surface area (Å²) in [4.78, 5) is 0. The van der Waals surface area contributed by atoms with Gasteiger partial charge in [0.05, 0.1) is 0 Å². The zero-order valence-electron chi connectivity index (χ0n) is 15.5. The number of ether oxygens (including phenoxy) is 1. The average Bonchev–Trinajstić information content (AvgIpc) is 3.10. The summed E-state index contributed by atoms with van der Waals surface area (Å²) in [5, 5.41) is 16.4. The Morgan fingerprint density at radius 3 is 2.64 bits per heavy atom. The number of halogens is 2. The standard InChI is InChI=1S/C19H22ClN5OS.ClH/c1-25-19(22-23-24-25)27-12-4-11-21-13-15-7-9-17(10-8-15)26-14-16-5-2-3-6-18(16)20;/h2-3,5-10,21H,4,11-14H2,1H3;1H/p-1. The second-order valence-electron chi connectivity index (χ2n) is 5.99. The van der Waals surface area contributed by atoms with Crippen LogP contribution < -0.4 is 22.5 Å². The van der Waals surface area contributed by atoms with Crippen LogP contribution in [0.4, 0.5) is 0 Å². The molecule has 1 aromatic heterocycles. The molecule has 0 aliphatic rings. The lowest BCUT2D eigenvalue weighted by Gasteiger charge is -2.09. The van der Waals surface area contributed by atoms with Gasteiger partial charge in [0.25, 0.3) is 0 Å². The van der Waals surface area contributed by atoms with Crippen molar-refractivity contribution in [2.24, 2.45) is 7.05 Å². The van der Waals surface area contributed by atoms with Crippen LogP contribution in [-0.4, -0.2) is 32.5 Å². The first-order valence-corrected chi connectivity index (χ1v) is 10.1. The van der Waals surface area contributed by atoms with Gasteiger partial charge in [-0.25, -0.2) is 4.68 Å². The van der Waals surface area contributed by atoms with Gasteiger partial charge in [0, 0.05) is 29.9 Å². The first-order chi connectivity index (χ1) is 13.2. The highest BCUT2D eigenvalue weighted by atomic mass is 35.5. The normalized spacial score (nSPS) is 10.5. The van der Waals surface area contributed by atoms with Crippen molar-refractivity contribution in [3.63, 3.8) is 0 Å². The molecule has 0 bridgehead atoms. The molecule has 0 saturated heterocycles. The van der Waals surface area contributed by atoms with Crippen molar-refractivity contribution in [2.45, 2.75) is 24.7 Å². The van der Waals surface area contributed by atoms with Gasteiger partial charge in [-0.3, -0.25) is 0 Å². The van der Waals surface area contributed by atoms with E-state index in [1.165, 1.54) is 5.56 Å². The van der Waals surface area contributed by atoms with Crippen molar-refractivity contribution < 1.29 is 17.1 Å². The Kier molecular flexibility index (Phi) is 9.57. The van der Waals surface area contributed by atoms with E-state index in [0.29, 0.717) is 6.61 Å². The summed E-state index contributed by atoms with van der Waals surface area (Å²) < 4.78 is 7.49. The third kappa shape index (κ3) is 6.98. The molecule has 0 aliphatic carbocycles. The van der Waals surface area contributed by atoms with Gasteiger partial charge in [-0.15, -0.1) is 5.10 Å². The van der Waals surface area contributed by atoms with E-state index < -0.39 is 0 Å². The molecule has 3 rings (SSSR count). The molecule has 0 saturated carbocycles. The van der Waals surface area contributed by atoms with Crippen molar-refractivity contribution in [3.05, 3.63) is 64.7 Å². The van der Waals surface area contributed by atoms with Crippen LogP contribution in [0, 0.1) is 0 Å². The van der Waals surface area contributed by atoms with Crippen LogP contribution in [0.25, 0.3) is 0 Å². The Hall–Kier alpha value is -1.80. The molecule has 6 nitrogen and oxygen atoms in total. The van der Waals surface area contributed by atoms with E-state index in [1.54, 1.807) is 16.4 Å². The number of aryl methyl sites for hydroxylation is 1. The van der Waals surface area contributed by atoms with Crippen LogP contribution in [0.5, 0.6) is 5.75 Å². The van der Waals surface area contributed by atoms with E-state index in [2.05, 4.69) is 33.0 Å². The minimum absolute atomic E-state index is 0. The maximum atomic E-state index is 6.15. The van der Waals surface area contributed by atoms with Crippen LogP contribution >= 0.6 is 23.4 Å². The molecular weight excluding hydrogens is 417 g/mol. The van der Waals surface area contributed by atoms with Gasteiger partial charge in [-0.05, 0) is 47.2 Å². The van der Waals surface area contributed by atoms with Gasteiger partial charge in [0.15, 0.2) is 0 Å². The number of tetrazole rings is 1. The Morgan fingerprint density at radius 1 is 1.14 bits per heavy atom.